The largest absolute Gasteiger partial charge is 0.490 e. The van der Waals surface area contributed by atoms with Gasteiger partial charge >= 0.3 is 12.1 Å². The molecule has 23 heavy (non-hydrogen) atoms. The molecule has 1 heterocycles. The highest BCUT2D eigenvalue weighted by Crippen LogP contribution is 2.33. The molecule has 0 amide bonds. The molecule has 0 spiro atoms. The van der Waals surface area contributed by atoms with Crippen LogP contribution in [0.5, 0.6) is 0 Å². The molecule has 0 atom stereocenters. The number of ether oxygens (including phenoxy) is 3. The lowest BCUT2D eigenvalue weighted by molar-refractivity contribution is -0.227. The second-order valence-electron chi connectivity index (χ2n) is 5.69. The summed E-state index contributed by atoms with van der Waals surface area (Å²) in [5.41, 5.74) is 0. The molecule has 1 aliphatic carbocycles. The maximum Gasteiger partial charge on any atom is 0.490 e. The first-order chi connectivity index (χ1) is 10.8. The third-order valence-corrected chi connectivity index (χ3v) is 3.92. The van der Waals surface area contributed by atoms with E-state index in [9.17, 15) is 26.7 Å². The Balaban J connectivity index is 1.73. The van der Waals surface area contributed by atoms with Crippen LogP contribution in [0, 0.1) is 11.8 Å². The van der Waals surface area contributed by atoms with E-state index >= 15 is 0 Å². The molecule has 0 unspecified atom stereocenters. The maximum absolute atomic E-state index is 12.1. The molecule has 1 saturated heterocycles. The molecule has 0 bridgehead atoms. The van der Waals surface area contributed by atoms with Gasteiger partial charge in [-0.25, -0.2) is 4.79 Å². The van der Waals surface area contributed by atoms with Crippen LogP contribution < -0.4 is 0 Å². The topological polar surface area (TPSA) is 44.8 Å². The quantitative estimate of drug-likeness (QED) is 0.581. The minimum absolute atomic E-state index is 0.0454. The lowest BCUT2D eigenvalue weighted by Gasteiger charge is -2.36. The van der Waals surface area contributed by atoms with Gasteiger partial charge in [-0.3, -0.25) is 0 Å². The summed E-state index contributed by atoms with van der Waals surface area (Å²) in [5.74, 6) is -2.72. The van der Waals surface area contributed by atoms with Gasteiger partial charge in [0.15, 0.2) is 6.29 Å². The number of rotatable bonds is 3. The van der Waals surface area contributed by atoms with E-state index in [1.807, 2.05) is 0 Å². The van der Waals surface area contributed by atoms with Crippen LogP contribution in [0.4, 0.5) is 22.0 Å². The van der Waals surface area contributed by atoms with Gasteiger partial charge in [-0.05, 0) is 31.8 Å². The van der Waals surface area contributed by atoms with Crippen LogP contribution in [-0.2, 0) is 19.0 Å². The van der Waals surface area contributed by atoms with Crippen molar-refractivity contribution >= 4 is 5.97 Å². The van der Waals surface area contributed by atoms with E-state index in [1.165, 1.54) is 0 Å². The van der Waals surface area contributed by atoms with Crippen LogP contribution in [0.25, 0.3) is 0 Å². The van der Waals surface area contributed by atoms with Crippen molar-refractivity contribution in [3.05, 3.63) is 12.2 Å². The average molecular weight is 344 g/mol. The second kappa shape index (κ2) is 7.57. The van der Waals surface area contributed by atoms with Gasteiger partial charge in [-0.2, -0.15) is 22.0 Å². The van der Waals surface area contributed by atoms with Crippen molar-refractivity contribution < 1.29 is 41.0 Å². The predicted octanol–water partition coefficient (Wildman–Crippen LogP) is 3.42. The summed E-state index contributed by atoms with van der Waals surface area (Å²) in [6.45, 7) is 0.232. The molecular formula is C14H17F5O4. The van der Waals surface area contributed by atoms with Gasteiger partial charge in [0.05, 0.1) is 13.2 Å². The van der Waals surface area contributed by atoms with Crippen molar-refractivity contribution in [2.75, 3.05) is 13.2 Å². The van der Waals surface area contributed by atoms with Gasteiger partial charge in [0.25, 0.3) is 6.08 Å². The van der Waals surface area contributed by atoms with Gasteiger partial charge < -0.3 is 14.2 Å². The predicted molar refractivity (Wildman–Crippen MR) is 67.4 cm³/mol. The first-order valence-corrected chi connectivity index (χ1v) is 7.29. The molecule has 2 aliphatic rings. The summed E-state index contributed by atoms with van der Waals surface area (Å²) >= 11 is 0. The Bertz CT molecular complexity index is 431. The van der Waals surface area contributed by atoms with E-state index in [2.05, 4.69) is 4.74 Å². The Hall–Kier alpha value is -1.22. The Morgan fingerprint density at radius 2 is 1.61 bits per heavy atom. The molecule has 0 aromatic heterocycles. The molecule has 1 aliphatic heterocycles. The number of carbonyl (C=O) groups is 1. The summed E-state index contributed by atoms with van der Waals surface area (Å²) in [6.07, 6.45) is -5.76. The first-order valence-electron chi connectivity index (χ1n) is 7.29. The Morgan fingerprint density at radius 3 is 2.09 bits per heavy atom. The zero-order valence-corrected chi connectivity index (χ0v) is 12.2. The first kappa shape index (κ1) is 18.1. The van der Waals surface area contributed by atoms with Crippen molar-refractivity contribution in [2.45, 2.75) is 44.3 Å². The highest BCUT2D eigenvalue weighted by Gasteiger charge is 2.43. The van der Waals surface area contributed by atoms with Gasteiger partial charge in [-0.15, -0.1) is 0 Å². The fourth-order valence-corrected chi connectivity index (χ4v) is 2.78. The van der Waals surface area contributed by atoms with Crippen LogP contribution in [0.15, 0.2) is 12.2 Å². The molecule has 0 aromatic carbocycles. The molecule has 2 fully saturated rings. The van der Waals surface area contributed by atoms with Crippen LogP contribution in [0.3, 0.4) is 0 Å². The maximum atomic E-state index is 12.1. The van der Waals surface area contributed by atoms with Gasteiger partial charge in [0.1, 0.15) is 6.10 Å². The summed E-state index contributed by atoms with van der Waals surface area (Å²) in [5, 5.41) is 0. The van der Waals surface area contributed by atoms with Crippen LogP contribution in [0.1, 0.15) is 25.7 Å². The van der Waals surface area contributed by atoms with Gasteiger partial charge in [0, 0.05) is 11.8 Å². The normalized spacial score (nSPS) is 32.2. The third-order valence-electron chi connectivity index (χ3n) is 3.92. The van der Waals surface area contributed by atoms with Gasteiger partial charge in [0.2, 0.25) is 0 Å². The second-order valence-corrected chi connectivity index (χ2v) is 5.69. The molecular weight excluding hydrogens is 327 g/mol. The monoisotopic (exact) mass is 344 g/mol. The molecule has 4 nitrogen and oxygen atoms in total. The summed E-state index contributed by atoms with van der Waals surface area (Å²) in [7, 11) is 0. The van der Waals surface area contributed by atoms with Crippen molar-refractivity contribution in [1.29, 1.82) is 0 Å². The number of carbonyl (C=O) groups excluding carboxylic acids is 1. The zero-order valence-electron chi connectivity index (χ0n) is 12.2. The molecule has 0 aromatic rings. The van der Waals surface area contributed by atoms with E-state index < -0.39 is 36.5 Å². The third kappa shape index (κ3) is 5.42. The standard InChI is InChI=1S/C14H17F5O4/c15-11(16)5-8-6-21-12(22-7-8)9-1-3-10(4-2-9)23-13(20)14(17,18)19/h5,8-10,12H,1-4,6-7H2. The number of hydrogen-bond donors (Lipinski definition) is 0. The highest BCUT2D eigenvalue weighted by atomic mass is 19.4. The molecule has 0 radical (unpaired) electrons. The fraction of sp³-hybridized carbons (Fsp3) is 0.786. The lowest BCUT2D eigenvalue weighted by Crippen LogP contribution is -2.39. The van der Waals surface area contributed by atoms with Crippen molar-refractivity contribution in [3.8, 4) is 0 Å². The fourth-order valence-electron chi connectivity index (χ4n) is 2.78. The average Bonchev–Trinajstić information content (AvgIpc) is 2.47. The summed E-state index contributed by atoms with van der Waals surface area (Å²) < 4.78 is 75.9. The Morgan fingerprint density at radius 1 is 1.04 bits per heavy atom. The van der Waals surface area contributed by atoms with E-state index in [0.717, 1.165) is 6.08 Å². The van der Waals surface area contributed by atoms with Crippen molar-refractivity contribution in [2.24, 2.45) is 11.8 Å². The SMILES string of the molecule is O=C(OC1CCC(C2OCC(C=C(F)F)CO2)CC1)C(F)(F)F. The van der Waals surface area contributed by atoms with E-state index in [0.29, 0.717) is 12.8 Å². The van der Waals surface area contributed by atoms with Crippen LogP contribution in [0.2, 0.25) is 0 Å². The number of esters is 1. The van der Waals surface area contributed by atoms with Crippen molar-refractivity contribution in [1.82, 2.24) is 0 Å². The van der Waals surface area contributed by atoms with Crippen LogP contribution >= 0.6 is 0 Å². The molecule has 0 N–H and O–H groups in total. The zero-order chi connectivity index (χ0) is 17.0. The Labute approximate surface area is 129 Å². The number of halogens is 5. The Kier molecular flexibility index (Phi) is 5.96. The summed E-state index contributed by atoms with van der Waals surface area (Å²) in [6, 6.07) is 0. The minimum Gasteiger partial charge on any atom is -0.456 e. The molecule has 1 saturated carbocycles. The van der Waals surface area contributed by atoms with E-state index in [1.54, 1.807) is 0 Å². The molecule has 132 valence electrons. The smallest absolute Gasteiger partial charge is 0.456 e. The highest BCUT2D eigenvalue weighted by molar-refractivity contribution is 5.75. The molecule has 2 rings (SSSR count). The number of alkyl halides is 3. The minimum atomic E-state index is -4.99. The lowest BCUT2D eigenvalue weighted by atomic mass is 9.86. The number of hydrogen-bond acceptors (Lipinski definition) is 4. The summed E-state index contributed by atoms with van der Waals surface area (Å²) in [4.78, 5) is 10.8. The van der Waals surface area contributed by atoms with E-state index in [4.69, 9.17) is 9.47 Å². The van der Waals surface area contributed by atoms with Crippen molar-refractivity contribution in [3.63, 3.8) is 0 Å². The van der Waals surface area contributed by atoms with Gasteiger partial charge in [-0.1, -0.05) is 0 Å². The van der Waals surface area contributed by atoms with E-state index in [-0.39, 0.29) is 32.0 Å². The van der Waals surface area contributed by atoms with Crippen LogP contribution in [-0.4, -0.2) is 37.8 Å². The molecule has 9 heteroatoms.